The number of halogens is 2. The Morgan fingerprint density at radius 1 is 1.10 bits per heavy atom. The van der Waals surface area contributed by atoms with Gasteiger partial charge in [-0.3, -0.25) is 9.59 Å². The van der Waals surface area contributed by atoms with Crippen molar-refractivity contribution in [2.24, 2.45) is 5.92 Å². The number of nitrogens with one attached hydrogen (secondary N) is 1. The third-order valence-corrected chi connectivity index (χ3v) is 4.84. The van der Waals surface area contributed by atoms with Crippen molar-refractivity contribution >= 4 is 5.91 Å². The third kappa shape index (κ3) is 5.21. The summed E-state index contributed by atoms with van der Waals surface area (Å²) in [6.07, 6.45) is -0.790. The summed E-state index contributed by atoms with van der Waals surface area (Å²) < 4.78 is 28.3. The second-order valence-electron chi connectivity index (χ2n) is 7.68. The maximum Gasteiger partial charge on any atom is 0.284 e. The Kier molecular flexibility index (Phi) is 6.60. The minimum Gasteiger partial charge on any atom is -0.391 e. The maximum atomic E-state index is 13.8. The molecule has 0 saturated heterocycles. The Hall–Kier alpha value is -3.39. The van der Waals surface area contributed by atoms with Crippen LogP contribution in [0.5, 0.6) is 0 Å². The summed E-state index contributed by atoms with van der Waals surface area (Å²) in [4.78, 5) is 25.7. The van der Waals surface area contributed by atoms with Gasteiger partial charge in [0, 0.05) is 18.2 Å². The van der Waals surface area contributed by atoms with E-state index in [1.165, 1.54) is 6.07 Å². The van der Waals surface area contributed by atoms with Crippen LogP contribution in [0.3, 0.4) is 0 Å². The van der Waals surface area contributed by atoms with Crippen LogP contribution in [0.15, 0.2) is 53.3 Å². The van der Waals surface area contributed by atoms with Crippen LogP contribution in [0.1, 0.15) is 29.8 Å². The Balaban J connectivity index is 2.13. The Bertz CT molecular complexity index is 1140. The molecule has 162 valence electrons. The van der Waals surface area contributed by atoms with Crippen molar-refractivity contribution in [3.63, 3.8) is 0 Å². The van der Waals surface area contributed by atoms with Gasteiger partial charge in [-0.05, 0) is 31.0 Å². The lowest BCUT2D eigenvalue weighted by atomic mass is 10.1. The molecule has 0 aliphatic heterocycles. The number of carbonyl (C=O) groups is 1. The molecule has 1 heterocycles. The fourth-order valence-corrected chi connectivity index (χ4v) is 2.89. The summed E-state index contributed by atoms with van der Waals surface area (Å²) in [5.41, 5.74) is 0.660. The number of nitrogens with zero attached hydrogens (tertiary/aromatic N) is 2. The van der Waals surface area contributed by atoms with E-state index in [4.69, 9.17) is 0 Å². The highest BCUT2D eigenvalue weighted by Gasteiger charge is 2.19. The molecule has 0 bridgehead atoms. The SMILES string of the molecule is Cc1ccc(-c2cc(C(=O)NC[C@H](O)C(C)C)c(=O)n(-c3cc(F)cc(F)c3)n2)cc1. The molecule has 3 aromatic rings. The molecule has 1 atom stereocenters. The van der Waals surface area contributed by atoms with E-state index in [1.807, 2.05) is 19.1 Å². The average molecular weight is 427 g/mol. The van der Waals surface area contributed by atoms with Crippen LogP contribution in [-0.4, -0.2) is 33.4 Å². The first-order valence-corrected chi connectivity index (χ1v) is 9.80. The van der Waals surface area contributed by atoms with Gasteiger partial charge in [0.05, 0.1) is 17.5 Å². The standard InChI is InChI=1S/C23H23F2N3O3/c1-13(2)21(29)12-26-22(30)19-11-20(15-6-4-14(3)5-7-15)27-28(23(19)31)18-9-16(24)8-17(25)10-18/h4-11,13,21,29H,12H2,1-3H3,(H,26,30)/t21-/m0/s1. The van der Waals surface area contributed by atoms with Gasteiger partial charge in [0.15, 0.2) is 0 Å². The quantitative estimate of drug-likeness (QED) is 0.633. The summed E-state index contributed by atoms with van der Waals surface area (Å²) in [5.74, 6) is -2.56. The fourth-order valence-electron chi connectivity index (χ4n) is 2.89. The fraction of sp³-hybridized carbons (Fsp3) is 0.261. The number of aliphatic hydroxyl groups excluding tert-OH is 1. The zero-order valence-corrected chi connectivity index (χ0v) is 17.4. The van der Waals surface area contributed by atoms with Gasteiger partial charge in [-0.1, -0.05) is 43.7 Å². The molecule has 0 fully saturated rings. The number of hydrogen-bond acceptors (Lipinski definition) is 4. The van der Waals surface area contributed by atoms with Crippen molar-refractivity contribution in [1.29, 1.82) is 0 Å². The van der Waals surface area contributed by atoms with Crippen molar-refractivity contribution < 1.29 is 18.7 Å². The highest BCUT2D eigenvalue weighted by Crippen LogP contribution is 2.19. The molecule has 0 aliphatic carbocycles. The second kappa shape index (κ2) is 9.18. The van der Waals surface area contributed by atoms with Gasteiger partial charge in [-0.2, -0.15) is 9.78 Å². The van der Waals surface area contributed by atoms with Crippen LogP contribution in [0.2, 0.25) is 0 Å². The highest BCUT2D eigenvalue weighted by molar-refractivity contribution is 5.94. The van der Waals surface area contributed by atoms with Gasteiger partial charge in [0.25, 0.3) is 11.5 Å². The van der Waals surface area contributed by atoms with Crippen molar-refractivity contribution in [2.75, 3.05) is 6.54 Å². The highest BCUT2D eigenvalue weighted by atomic mass is 19.1. The predicted octanol–water partition coefficient (Wildman–Crippen LogP) is 3.23. The minimum absolute atomic E-state index is 0.0489. The summed E-state index contributed by atoms with van der Waals surface area (Å²) in [6.45, 7) is 5.45. The number of aliphatic hydroxyl groups is 1. The first-order valence-electron chi connectivity index (χ1n) is 9.80. The lowest BCUT2D eigenvalue weighted by Gasteiger charge is -2.16. The second-order valence-corrected chi connectivity index (χ2v) is 7.68. The van der Waals surface area contributed by atoms with Crippen LogP contribution in [0.4, 0.5) is 8.78 Å². The van der Waals surface area contributed by atoms with E-state index in [2.05, 4.69) is 10.4 Å². The molecule has 3 rings (SSSR count). The van der Waals surface area contributed by atoms with Gasteiger partial charge in [-0.15, -0.1) is 0 Å². The van der Waals surface area contributed by atoms with Gasteiger partial charge in [-0.25, -0.2) is 8.78 Å². The zero-order valence-electron chi connectivity index (χ0n) is 17.4. The molecule has 6 nitrogen and oxygen atoms in total. The molecule has 1 amide bonds. The van der Waals surface area contributed by atoms with E-state index in [0.717, 1.165) is 22.4 Å². The Labute approximate surface area is 178 Å². The zero-order chi connectivity index (χ0) is 22.7. The molecule has 1 aromatic heterocycles. The molecule has 0 spiro atoms. The number of benzene rings is 2. The van der Waals surface area contributed by atoms with Crippen molar-refractivity contribution in [1.82, 2.24) is 15.1 Å². The number of aryl methyl sites for hydroxylation is 1. The van der Waals surface area contributed by atoms with Crippen molar-refractivity contribution in [2.45, 2.75) is 26.9 Å². The number of aromatic nitrogens is 2. The molecule has 0 unspecified atom stereocenters. The molecule has 31 heavy (non-hydrogen) atoms. The molecule has 0 aliphatic rings. The van der Waals surface area contributed by atoms with Crippen LogP contribution >= 0.6 is 0 Å². The maximum absolute atomic E-state index is 13.8. The van der Waals surface area contributed by atoms with Gasteiger partial charge < -0.3 is 10.4 Å². The van der Waals surface area contributed by atoms with Crippen LogP contribution < -0.4 is 10.9 Å². The van der Waals surface area contributed by atoms with Gasteiger partial charge in [0.1, 0.15) is 17.2 Å². The topological polar surface area (TPSA) is 84.2 Å². The Morgan fingerprint density at radius 3 is 2.29 bits per heavy atom. The molecule has 0 saturated carbocycles. The van der Waals surface area contributed by atoms with Crippen molar-refractivity contribution in [3.8, 4) is 16.9 Å². The van der Waals surface area contributed by atoms with Crippen LogP contribution in [-0.2, 0) is 0 Å². The van der Waals surface area contributed by atoms with Crippen molar-refractivity contribution in [3.05, 3.63) is 81.6 Å². The van der Waals surface area contributed by atoms with E-state index < -0.39 is 29.2 Å². The molecule has 2 N–H and O–H groups in total. The predicted molar refractivity (Wildman–Crippen MR) is 113 cm³/mol. The molecule has 0 radical (unpaired) electrons. The van der Waals surface area contributed by atoms with E-state index in [-0.39, 0.29) is 29.4 Å². The Morgan fingerprint density at radius 2 is 1.71 bits per heavy atom. The normalized spacial score (nSPS) is 12.1. The smallest absolute Gasteiger partial charge is 0.284 e. The minimum atomic E-state index is -0.879. The van der Waals surface area contributed by atoms with E-state index in [1.54, 1.807) is 26.0 Å². The van der Waals surface area contributed by atoms with Gasteiger partial charge >= 0.3 is 0 Å². The number of carbonyl (C=O) groups excluding carboxylic acids is 1. The van der Waals surface area contributed by atoms with E-state index in [0.29, 0.717) is 11.6 Å². The van der Waals surface area contributed by atoms with Gasteiger partial charge in [0.2, 0.25) is 0 Å². The number of rotatable bonds is 6. The van der Waals surface area contributed by atoms with Crippen LogP contribution in [0.25, 0.3) is 16.9 Å². The van der Waals surface area contributed by atoms with E-state index >= 15 is 0 Å². The number of hydrogen-bond donors (Lipinski definition) is 2. The monoisotopic (exact) mass is 427 g/mol. The lowest BCUT2D eigenvalue weighted by molar-refractivity contribution is 0.0869. The number of amides is 1. The molecule has 2 aromatic carbocycles. The molecule has 8 heteroatoms. The summed E-state index contributed by atoms with van der Waals surface area (Å²) in [7, 11) is 0. The first-order chi connectivity index (χ1) is 14.7. The molecular formula is C23H23F2N3O3. The first kappa shape index (κ1) is 22.3. The largest absolute Gasteiger partial charge is 0.391 e. The third-order valence-electron chi connectivity index (χ3n) is 4.84. The average Bonchev–Trinajstić information content (AvgIpc) is 2.71. The summed E-state index contributed by atoms with van der Waals surface area (Å²) in [6, 6.07) is 11.1. The summed E-state index contributed by atoms with van der Waals surface area (Å²) >= 11 is 0. The van der Waals surface area contributed by atoms with Crippen LogP contribution in [0, 0.1) is 24.5 Å². The molecular weight excluding hydrogens is 404 g/mol. The lowest BCUT2D eigenvalue weighted by Crippen LogP contribution is -2.38. The van der Waals surface area contributed by atoms with E-state index in [9.17, 15) is 23.5 Å². The summed E-state index contributed by atoms with van der Waals surface area (Å²) in [5, 5.41) is 16.7.